The summed E-state index contributed by atoms with van der Waals surface area (Å²) in [6.45, 7) is 5.26. The molecular formula is C15H22FNO3. The van der Waals surface area contributed by atoms with Crippen molar-refractivity contribution in [1.82, 2.24) is 4.90 Å². The largest absolute Gasteiger partial charge is 0.496 e. The molecule has 112 valence electrons. The summed E-state index contributed by atoms with van der Waals surface area (Å²) in [7, 11) is 1.56. The molecule has 20 heavy (non-hydrogen) atoms. The summed E-state index contributed by atoms with van der Waals surface area (Å²) in [5, 5.41) is 8.69. The number of carbonyl (C=O) groups is 1. The van der Waals surface area contributed by atoms with E-state index in [4.69, 9.17) is 9.84 Å². The molecule has 0 radical (unpaired) electrons. The molecule has 0 amide bonds. The van der Waals surface area contributed by atoms with Crippen LogP contribution in [-0.4, -0.2) is 35.7 Å². The number of ether oxygens (including phenoxy) is 1. The lowest BCUT2D eigenvalue weighted by Gasteiger charge is -2.27. The predicted octanol–water partition coefficient (Wildman–Crippen LogP) is 2.91. The first-order chi connectivity index (χ1) is 9.43. The van der Waals surface area contributed by atoms with Crippen LogP contribution in [0.3, 0.4) is 0 Å². The van der Waals surface area contributed by atoms with Crippen molar-refractivity contribution in [3.8, 4) is 5.75 Å². The van der Waals surface area contributed by atoms with Crippen molar-refractivity contribution in [3.63, 3.8) is 0 Å². The number of halogens is 1. The van der Waals surface area contributed by atoms with E-state index in [-0.39, 0.29) is 18.3 Å². The monoisotopic (exact) mass is 283 g/mol. The lowest BCUT2D eigenvalue weighted by Crippen LogP contribution is -2.31. The normalized spacial score (nSPS) is 11.1. The van der Waals surface area contributed by atoms with Crippen molar-refractivity contribution in [2.75, 3.05) is 13.7 Å². The average molecular weight is 283 g/mol. The van der Waals surface area contributed by atoms with Crippen molar-refractivity contribution >= 4 is 5.97 Å². The molecule has 1 aromatic rings. The molecule has 0 aliphatic rings. The van der Waals surface area contributed by atoms with Gasteiger partial charge in [-0.2, -0.15) is 0 Å². The van der Waals surface area contributed by atoms with E-state index < -0.39 is 5.97 Å². The first kappa shape index (κ1) is 16.4. The fraction of sp³-hybridized carbons (Fsp3) is 0.533. The molecule has 0 atom stereocenters. The molecule has 1 aromatic carbocycles. The summed E-state index contributed by atoms with van der Waals surface area (Å²) in [4.78, 5) is 12.7. The summed E-state index contributed by atoms with van der Waals surface area (Å²) < 4.78 is 18.6. The molecule has 0 bridgehead atoms. The van der Waals surface area contributed by atoms with Gasteiger partial charge >= 0.3 is 5.97 Å². The van der Waals surface area contributed by atoms with Crippen LogP contribution < -0.4 is 4.74 Å². The molecule has 1 N–H and O–H groups in total. The van der Waals surface area contributed by atoms with Crippen molar-refractivity contribution in [1.29, 1.82) is 0 Å². The van der Waals surface area contributed by atoms with E-state index >= 15 is 0 Å². The van der Waals surface area contributed by atoms with Gasteiger partial charge in [-0.15, -0.1) is 0 Å². The third kappa shape index (κ3) is 5.17. The van der Waals surface area contributed by atoms with Gasteiger partial charge in [0, 0.05) is 24.6 Å². The minimum atomic E-state index is -0.794. The van der Waals surface area contributed by atoms with Crippen LogP contribution in [0.15, 0.2) is 18.2 Å². The summed E-state index contributed by atoms with van der Waals surface area (Å²) in [6.07, 6.45) is 0.717. The standard InChI is InChI=1S/C15H22FNO3/c1-11(2)17(8-4-5-15(18)19)10-12-9-13(16)6-7-14(12)20-3/h6-7,9,11H,4-5,8,10H2,1-3H3,(H,18,19). The van der Waals surface area contributed by atoms with Gasteiger partial charge in [-0.1, -0.05) is 0 Å². The van der Waals surface area contributed by atoms with Crippen LogP contribution in [0, 0.1) is 5.82 Å². The highest BCUT2D eigenvalue weighted by Crippen LogP contribution is 2.22. The maximum Gasteiger partial charge on any atom is 0.303 e. The molecule has 0 aliphatic heterocycles. The number of nitrogens with zero attached hydrogens (tertiary/aromatic N) is 1. The Bertz CT molecular complexity index is 449. The molecule has 0 unspecified atom stereocenters. The quantitative estimate of drug-likeness (QED) is 0.797. The molecule has 0 spiro atoms. The number of carboxylic acids is 1. The van der Waals surface area contributed by atoms with Crippen molar-refractivity contribution in [2.24, 2.45) is 0 Å². The number of carboxylic acid groups (broad SMARTS) is 1. The van der Waals surface area contributed by atoms with Crippen LogP contribution in [0.5, 0.6) is 5.75 Å². The second kappa shape index (κ2) is 7.85. The van der Waals surface area contributed by atoms with E-state index in [1.165, 1.54) is 12.1 Å². The van der Waals surface area contributed by atoms with Gasteiger partial charge in [0.1, 0.15) is 11.6 Å². The van der Waals surface area contributed by atoms with Gasteiger partial charge in [0.05, 0.1) is 7.11 Å². The first-order valence-electron chi connectivity index (χ1n) is 6.72. The third-order valence-corrected chi connectivity index (χ3v) is 3.18. The molecule has 0 saturated carbocycles. The fourth-order valence-electron chi connectivity index (χ4n) is 2.04. The number of hydrogen-bond acceptors (Lipinski definition) is 3. The van der Waals surface area contributed by atoms with Crippen LogP contribution in [-0.2, 0) is 11.3 Å². The van der Waals surface area contributed by atoms with Gasteiger partial charge in [-0.25, -0.2) is 4.39 Å². The number of benzene rings is 1. The van der Waals surface area contributed by atoms with Crippen molar-refractivity contribution in [2.45, 2.75) is 39.3 Å². The second-order valence-electron chi connectivity index (χ2n) is 5.02. The molecule has 0 aliphatic carbocycles. The third-order valence-electron chi connectivity index (χ3n) is 3.18. The Morgan fingerprint density at radius 2 is 2.15 bits per heavy atom. The molecular weight excluding hydrogens is 261 g/mol. The molecule has 0 saturated heterocycles. The van der Waals surface area contributed by atoms with Crippen LogP contribution in [0.1, 0.15) is 32.3 Å². The zero-order valence-corrected chi connectivity index (χ0v) is 12.2. The van der Waals surface area contributed by atoms with E-state index in [2.05, 4.69) is 4.90 Å². The number of hydrogen-bond donors (Lipinski definition) is 1. The Morgan fingerprint density at radius 1 is 1.45 bits per heavy atom. The van der Waals surface area contributed by atoms with Crippen LogP contribution in [0.25, 0.3) is 0 Å². The number of aliphatic carboxylic acids is 1. The average Bonchev–Trinajstić information content (AvgIpc) is 2.37. The molecule has 1 rings (SSSR count). The highest BCUT2D eigenvalue weighted by atomic mass is 19.1. The highest BCUT2D eigenvalue weighted by Gasteiger charge is 2.14. The Hall–Kier alpha value is -1.62. The van der Waals surface area contributed by atoms with Crippen molar-refractivity contribution < 1.29 is 19.0 Å². The minimum Gasteiger partial charge on any atom is -0.496 e. The molecule has 4 nitrogen and oxygen atoms in total. The van der Waals surface area contributed by atoms with Crippen LogP contribution >= 0.6 is 0 Å². The lowest BCUT2D eigenvalue weighted by atomic mass is 10.1. The number of rotatable bonds is 8. The maximum atomic E-state index is 13.3. The summed E-state index contributed by atoms with van der Waals surface area (Å²) in [6, 6.07) is 4.69. The summed E-state index contributed by atoms with van der Waals surface area (Å²) >= 11 is 0. The smallest absolute Gasteiger partial charge is 0.303 e. The molecule has 5 heteroatoms. The zero-order chi connectivity index (χ0) is 15.1. The van der Waals surface area contributed by atoms with Gasteiger partial charge in [0.15, 0.2) is 0 Å². The van der Waals surface area contributed by atoms with Gasteiger partial charge in [-0.3, -0.25) is 9.69 Å². The maximum absolute atomic E-state index is 13.3. The van der Waals surface area contributed by atoms with Gasteiger partial charge in [0.25, 0.3) is 0 Å². The minimum absolute atomic E-state index is 0.142. The number of methoxy groups -OCH3 is 1. The fourth-order valence-corrected chi connectivity index (χ4v) is 2.04. The lowest BCUT2D eigenvalue weighted by molar-refractivity contribution is -0.137. The molecule has 0 heterocycles. The van der Waals surface area contributed by atoms with Crippen molar-refractivity contribution in [3.05, 3.63) is 29.6 Å². The Kier molecular flexibility index (Phi) is 6.45. The Labute approximate surface area is 119 Å². The zero-order valence-electron chi connectivity index (χ0n) is 12.2. The Morgan fingerprint density at radius 3 is 2.70 bits per heavy atom. The van der Waals surface area contributed by atoms with E-state index in [1.807, 2.05) is 13.8 Å². The van der Waals surface area contributed by atoms with Gasteiger partial charge in [0.2, 0.25) is 0 Å². The molecule has 0 aromatic heterocycles. The van der Waals surface area contributed by atoms with Gasteiger partial charge < -0.3 is 9.84 Å². The predicted molar refractivity (Wildman–Crippen MR) is 75.4 cm³/mol. The summed E-state index contributed by atoms with van der Waals surface area (Å²) in [5.74, 6) is -0.442. The van der Waals surface area contributed by atoms with E-state index in [0.717, 1.165) is 5.56 Å². The molecule has 0 fully saturated rings. The van der Waals surface area contributed by atoms with Gasteiger partial charge in [-0.05, 0) is 45.0 Å². The Balaban J connectivity index is 2.74. The highest BCUT2D eigenvalue weighted by molar-refractivity contribution is 5.66. The summed E-state index contributed by atoms with van der Waals surface area (Å²) in [5.41, 5.74) is 0.775. The topological polar surface area (TPSA) is 49.8 Å². The van der Waals surface area contributed by atoms with E-state index in [1.54, 1.807) is 13.2 Å². The van der Waals surface area contributed by atoms with E-state index in [9.17, 15) is 9.18 Å². The van der Waals surface area contributed by atoms with E-state index in [0.29, 0.717) is 25.3 Å². The second-order valence-corrected chi connectivity index (χ2v) is 5.02. The van der Waals surface area contributed by atoms with Crippen LogP contribution in [0.2, 0.25) is 0 Å². The SMILES string of the molecule is COc1ccc(F)cc1CN(CCCC(=O)O)C(C)C. The van der Waals surface area contributed by atoms with Crippen LogP contribution in [0.4, 0.5) is 4.39 Å². The first-order valence-corrected chi connectivity index (χ1v) is 6.72.